The Balaban J connectivity index is 2.81. The molecule has 8 heavy (non-hydrogen) atoms. The molecule has 0 spiro atoms. The number of aliphatic hydroxyl groups is 1. The molecule has 0 saturated heterocycles. The fourth-order valence-electron chi connectivity index (χ4n) is 0.228. The van der Waals surface area contributed by atoms with Crippen LogP contribution in [0.15, 0.2) is 12.7 Å². The van der Waals surface area contributed by atoms with Gasteiger partial charge in [0.05, 0.1) is 6.61 Å². The largest absolute Gasteiger partial charge is 0.377 e. The van der Waals surface area contributed by atoms with Crippen LogP contribution in [0, 0.1) is 0 Å². The molecule has 48 valence electrons. The lowest BCUT2D eigenvalue weighted by atomic mass is 10.7. The molecule has 0 saturated carbocycles. The van der Waals surface area contributed by atoms with E-state index in [9.17, 15) is 0 Å². The standard InChI is InChI=1S/C5H11NO2/c1-3-4-8-6-5(2)7/h3,5-7H,1,4H2,2H3. The Morgan fingerprint density at radius 1 is 2.00 bits per heavy atom. The van der Waals surface area contributed by atoms with Crippen molar-refractivity contribution in [3.63, 3.8) is 0 Å². The van der Waals surface area contributed by atoms with E-state index in [1.165, 1.54) is 0 Å². The highest BCUT2D eigenvalue weighted by molar-refractivity contribution is 4.62. The quantitative estimate of drug-likeness (QED) is 0.236. The Labute approximate surface area is 48.9 Å². The van der Waals surface area contributed by atoms with Gasteiger partial charge >= 0.3 is 0 Å². The lowest BCUT2D eigenvalue weighted by Crippen LogP contribution is -2.25. The highest BCUT2D eigenvalue weighted by Crippen LogP contribution is 1.72. The van der Waals surface area contributed by atoms with Gasteiger partial charge in [-0.2, -0.15) is 5.48 Å². The molecule has 0 aliphatic carbocycles. The van der Waals surface area contributed by atoms with Crippen molar-refractivity contribution in [3.8, 4) is 0 Å². The molecule has 0 aromatic carbocycles. The summed E-state index contributed by atoms with van der Waals surface area (Å²) in [6.45, 7) is 5.39. The van der Waals surface area contributed by atoms with Gasteiger partial charge in [0.15, 0.2) is 0 Å². The van der Waals surface area contributed by atoms with Crippen molar-refractivity contribution in [1.29, 1.82) is 0 Å². The molecule has 0 rings (SSSR count). The predicted octanol–water partition coefficient (Wildman–Crippen LogP) is 0.0319. The maximum absolute atomic E-state index is 8.51. The zero-order chi connectivity index (χ0) is 6.41. The van der Waals surface area contributed by atoms with Crippen LogP contribution >= 0.6 is 0 Å². The van der Waals surface area contributed by atoms with Crippen molar-refractivity contribution < 1.29 is 9.94 Å². The van der Waals surface area contributed by atoms with Gasteiger partial charge < -0.3 is 5.11 Å². The lowest BCUT2D eigenvalue weighted by Gasteiger charge is -2.03. The highest BCUT2D eigenvalue weighted by atomic mass is 16.7. The first-order valence-electron chi connectivity index (χ1n) is 2.43. The van der Waals surface area contributed by atoms with Gasteiger partial charge in [-0.15, -0.1) is 6.58 Å². The van der Waals surface area contributed by atoms with Crippen LogP contribution in [0.3, 0.4) is 0 Å². The molecule has 0 radical (unpaired) electrons. The third-order valence-electron chi connectivity index (χ3n) is 0.455. The molecule has 0 amide bonds. The molecule has 1 unspecified atom stereocenters. The van der Waals surface area contributed by atoms with E-state index < -0.39 is 6.23 Å². The van der Waals surface area contributed by atoms with Gasteiger partial charge in [-0.05, 0) is 6.92 Å². The molecule has 3 nitrogen and oxygen atoms in total. The molecular weight excluding hydrogens is 106 g/mol. The summed E-state index contributed by atoms with van der Waals surface area (Å²) in [5.41, 5.74) is 2.33. The van der Waals surface area contributed by atoms with Crippen molar-refractivity contribution in [2.75, 3.05) is 6.61 Å². The van der Waals surface area contributed by atoms with Gasteiger partial charge in [0.1, 0.15) is 6.23 Å². The minimum absolute atomic E-state index is 0.408. The van der Waals surface area contributed by atoms with Crippen LogP contribution in [0.5, 0.6) is 0 Å². The smallest absolute Gasteiger partial charge is 0.124 e. The van der Waals surface area contributed by atoms with Crippen LogP contribution in [0.25, 0.3) is 0 Å². The van der Waals surface area contributed by atoms with Gasteiger partial charge in [-0.1, -0.05) is 6.08 Å². The fraction of sp³-hybridized carbons (Fsp3) is 0.600. The van der Waals surface area contributed by atoms with Crippen LogP contribution in [0.2, 0.25) is 0 Å². The minimum Gasteiger partial charge on any atom is -0.377 e. The summed E-state index contributed by atoms with van der Waals surface area (Å²) in [6, 6.07) is 0. The monoisotopic (exact) mass is 117 g/mol. The molecule has 0 aromatic rings. The van der Waals surface area contributed by atoms with E-state index in [4.69, 9.17) is 5.11 Å². The van der Waals surface area contributed by atoms with Crippen molar-refractivity contribution in [3.05, 3.63) is 12.7 Å². The number of aliphatic hydroxyl groups excluding tert-OH is 1. The molecule has 0 fully saturated rings. The van der Waals surface area contributed by atoms with E-state index in [0.717, 1.165) is 0 Å². The Hall–Kier alpha value is -0.380. The van der Waals surface area contributed by atoms with Gasteiger partial charge in [-0.25, -0.2) is 0 Å². The molecule has 0 bridgehead atoms. The van der Waals surface area contributed by atoms with Crippen LogP contribution in [-0.2, 0) is 4.84 Å². The summed E-state index contributed by atoms with van der Waals surface area (Å²) < 4.78 is 0. The van der Waals surface area contributed by atoms with Gasteiger partial charge in [0, 0.05) is 0 Å². The first kappa shape index (κ1) is 7.62. The number of hydrogen-bond donors (Lipinski definition) is 2. The minimum atomic E-state index is -0.616. The van der Waals surface area contributed by atoms with Crippen molar-refractivity contribution >= 4 is 0 Å². The molecule has 0 heterocycles. The van der Waals surface area contributed by atoms with E-state index in [1.807, 2.05) is 0 Å². The molecule has 2 N–H and O–H groups in total. The molecule has 1 atom stereocenters. The summed E-state index contributed by atoms with van der Waals surface area (Å²) in [6.07, 6.45) is 0.977. The molecule has 3 heteroatoms. The van der Waals surface area contributed by atoms with Crippen LogP contribution in [0.4, 0.5) is 0 Å². The zero-order valence-corrected chi connectivity index (χ0v) is 4.92. The van der Waals surface area contributed by atoms with E-state index in [-0.39, 0.29) is 0 Å². The Bertz CT molecular complexity index is 63.4. The predicted molar refractivity (Wildman–Crippen MR) is 31.0 cm³/mol. The van der Waals surface area contributed by atoms with Crippen molar-refractivity contribution in [1.82, 2.24) is 5.48 Å². The van der Waals surface area contributed by atoms with E-state index in [0.29, 0.717) is 6.61 Å². The number of rotatable bonds is 4. The first-order chi connectivity index (χ1) is 3.77. The second-order valence-electron chi connectivity index (χ2n) is 1.39. The Morgan fingerprint density at radius 3 is 3.00 bits per heavy atom. The summed E-state index contributed by atoms with van der Waals surface area (Å²) in [7, 11) is 0. The Morgan fingerprint density at radius 2 is 2.62 bits per heavy atom. The summed E-state index contributed by atoms with van der Waals surface area (Å²) in [5.74, 6) is 0. The molecular formula is C5H11NO2. The SMILES string of the molecule is C=CCONC(C)O. The molecule has 0 aliphatic heterocycles. The summed E-state index contributed by atoms with van der Waals surface area (Å²) in [4.78, 5) is 4.63. The van der Waals surface area contributed by atoms with Gasteiger partial charge in [0.2, 0.25) is 0 Å². The maximum Gasteiger partial charge on any atom is 0.124 e. The van der Waals surface area contributed by atoms with Gasteiger partial charge in [-0.3, -0.25) is 4.84 Å². The zero-order valence-electron chi connectivity index (χ0n) is 4.92. The van der Waals surface area contributed by atoms with Crippen LogP contribution in [-0.4, -0.2) is 17.9 Å². The molecule has 0 aliphatic rings. The summed E-state index contributed by atoms with van der Waals surface area (Å²) in [5, 5.41) is 8.51. The molecule has 0 aromatic heterocycles. The maximum atomic E-state index is 8.51. The topological polar surface area (TPSA) is 41.5 Å². The van der Waals surface area contributed by atoms with E-state index in [2.05, 4.69) is 16.9 Å². The van der Waals surface area contributed by atoms with Crippen molar-refractivity contribution in [2.24, 2.45) is 0 Å². The number of nitrogens with one attached hydrogen (secondary N) is 1. The number of hydroxylamine groups is 1. The van der Waals surface area contributed by atoms with E-state index >= 15 is 0 Å². The third-order valence-corrected chi connectivity index (χ3v) is 0.455. The fourth-order valence-corrected chi connectivity index (χ4v) is 0.228. The second kappa shape index (κ2) is 4.77. The lowest BCUT2D eigenvalue weighted by molar-refractivity contribution is -0.0364. The van der Waals surface area contributed by atoms with Crippen LogP contribution in [0.1, 0.15) is 6.92 Å². The normalized spacial score (nSPS) is 13.2. The van der Waals surface area contributed by atoms with Crippen molar-refractivity contribution in [2.45, 2.75) is 13.2 Å². The Kier molecular flexibility index (Phi) is 4.54. The summed E-state index contributed by atoms with van der Waals surface area (Å²) >= 11 is 0. The third kappa shape index (κ3) is 5.62. The van der Waals surface area contributed by atoms with E-state index in [1.54, 1.807) is 13.0 Å². The average molecular weight is 117 g/mol. The highest BCUT2D eigenvalue weighted by Gasteiger charge is 1.87. The first-order valence-corrected chi connectivity index (χ1v) is 2.43. The van der Waals surface area contributed by atoms with Crippen LogP contribution < -0.4 is 5.48 Å². The second-order valence-corrected chi connectivity index (χ2v) is 1.39. The average Bonchev–Trinajstić information content (AvgIpc) is 1.66. The number of hydrogen-bond acceptors (Lipinski definition) is 3. The van der Waals surface area contributed by atoms with Gasteiger partial charge in [0.25, 0.3) is 0 Å².